The van der Waals surface area contributed by atoms with Crippen LogP contribution in [0.4, 0.5) is 0 Å². The number of carbonyl (C=O) groups excluding carboxylic acids is 1. The first-order chi connectivity index (χ1) is 5.27. The van der Waals surface area contributed by atoms with E-state index in [1.165, 1.54) is 0 Å². The summed E-state index contributed by atoms with van der Waals surface area (Å²) in [5, 5.41) is 2.56. The lowest BCUT2D eigenvalue weighted by molar-refractivity contribution is 0.0963. The van der Waals surface area contributed by atoms with Gasteiger partial charge in [-0.2, -0.15) is 0 Å². The van der Waals surface area contributed by atoms with Crippen LogP contribution in [0.1, 0.15) is 10.4 Å². The smallest absolute Gasteiger partial charge is 0.252 e. The highest BCUT2D eigenvalue weighted by Gasteiger charge is 2.03. The van der Waals surface area contributed by atoms with Gasteiger partial charge in [0.05, 0.1) is 5.56 Å². The molecule has 0 radical (unpaired) electrons. The molecule has 1 amide bonds. The lowest BCUT2D eigenvalue weighted by atomic mass is 10.3. The molecule has 0 fully saturated rings. The van der Waals surface area contributed by atoms with Gasteiger partial charge in [0.2, 0.25) is 0 Å². The lowest BCUT2D eigenvalue weighted by Crippen LogP contribution is -2.16. The minimum atomic E-state index is -0.0437. The fraction of sp³-hybridized carbons (Fsp3) is 0.286. The molecule has 0 unspecified atom stereocenters. The molecule has 0 bridgehead atoms. The van der Waals surface area contributed by atoms with Crippen LogP contribution in [0.3, 0.4) is 0 Å². The maximum atomic E-state index is 11.0. The highest BCUT2D eigenvalue weighted by molar-refractivity contribution is 7.97. The number of rotatable bonds is 2. The lowest BCUT2D eigenvalue weighted by Gasteiger charge is -1.93. The van der Waals surface area contributed by atoms with Crippen LogP contribution in [0.5, 0.6) is 0 Å². The number of nitrogens with one attached hydrogen (secondary N) is 1. The summed E-state index contributed by atoms with van der Waals surface area (Å²) < 4.78 is 1.88. The zero-order valence-corrected chi connectivity index (χ0v) is 7.31. The Balaban J connectivity index is 2.80. The number of amides is 1. The van der Waals surface area contributed by atoms with Crippen molar-refractivity contribution in [2.75, 3.05) is 13.3 Å². The average molecular weight is 170 g/mol. The van der Waals surface area contributed by atoms with E-state index in [4.69, 9.17) is 0 Å². The van der Waals surface area contributed by atoms with Crippen LogP contribution in [-0.4, -0.2) is 23.2 Å². The SMILES string of the molecule is CNC(=O)c1ccn(SC)c1. The second-order valence-electron chi connectivity index (χ2n) is 2.02. The van der Waals surface area contributed by atoms with Gasteiger partial charge in [0.15, 0.2) is 0 Å². The van der Waals surface area contributed by atoms with Crippen molar-refractivity contribution in [1.82, 2.24) is 9.29 Å². The summed E-state index contributed by atoms with van der Waals surface area (Å²) in [5.41, 5.74) is 0.696. The minimum Gasteiger partial charge on any atom is -0.355 e. The van der Waals surface area contributed by atoms with Crippen molar-refractivity contribution in [3.8, 4) is 0 Å². The molecular formula is C7H10N2OS. The molecule has 1 rings (SSSR count). The topological polar surface area (TPSA) is 34.0 Å². The highest BCUT2D eigenvalue weighted by atomic mass is 32.2. The Labute approximate surface area is 69.9 Å². The molecule has 0 atom stereocenters. The summed E-state index contributed by atoms with van der Waals surface area (Å²) in [6.45, 7) is 0. The van der Waals surface area contributed by atoms with Crippen molar-refractivity contribution in [1.29, 1.82) is 0 Å². The molecule has 0 aliphatic heterocycles. The summed E-state index contributed by atoms with van der Waals surface area (Å²) in [7, 11) is 1.62. The predicted octanol–water partition coefficient (Wildman–Crippen LogP) is 0.974. The zero-order valence-electron chi connectivity index (χ0n) is 6.50. The van der Waals surface area contributed by atoms with E-state index < -0.39 is 0 Å². The molecule has 1 aromatic heterocycles. The molecule has 0 aromatic carbocycles. The van der Waals surface area contributed by atoms with E-state index in [2.05, 4.69) is 5.32 Å². The van der Waals surface area contributed by atoms with Crippen molar-refractivity contribution in [3.63, 3.8) is 0 Å². The van der Waals surface area contributed by atoms with E-state index in [1.807, 2.05) is 16.4 Å². The van der Waals surface area contributed by atoms with Gasteiger partial charge in [-0.05, 0) is 18.0 Å². The van der Waals surface area contributed by atoms with Crippen molar-refractivity contribution >= 4 is 17.9 Å². The Morgan fingerprint density at radius 1 is 1.73 bits per heavy atom. The Hall–Kier alpha value is -0.900. The Morgan fingerprint density at radius 3 is 2.91 bits per heavy atom. The molecule has 0 aliphatic rings. The molecule has 0 saturated carbocycles. The van der Waals surface area contributed by atoms with Crippen molar-refractivity contribution in [2.45, 2.75) is 0 Å². The number of hydrogen-bond donors (Lipinski definition) is 1. The van der Waals surface area contributed by atoms with E-state index >= 15 is 0 Å². The van der Waals surface area contributed by atoms with Gasteiger partial charge in [0.25, 0.3) is 5.91 Å². The summed E-state index contributed by atoms with van der Waals surface area (Å²) in [6.07, 6.45) is 5.60. The van der Waals surface area contributed by atoms with Gasteiger partial charge in [-0.3, -0.25) is 8.77 Å². The monoisotopic (exact) mass is 170 g/mol. The van der Waals surface area contributed by atoms with Crippen molar-refractivity contribution < 1.29 is 4.79 Å². The molecule has 60 valence electrons. The van der Waals surface area contributed by atoms with Crippen LogP contribution in [0.2, 0.25) is 0 Å². The second-order valence-corrected chi connectivity index (χ2v) is 2.81. The number of nitrogens with zero attached hydrogens (tertiary/aromatic N) is 1. The minimum absolute atomic E-state index is 0.0437. The second kappa shape index (κ2) is 3.48. The third kappa shape index (κ3) is 1.77. The molecule has 11 heavy (non-hydrogen) atoms. The summed E-state index contributed by atoms with van der Waals surface area (Å²) in [5.74, 6) is -0.0437. The van der Waals surface area contributed by atoms with Crippen LogP contribution in [0, 0.1) is 0 Å². The van der Waals surface area contributed by atoms with Crippen molar-refractivity contribution in [3.05, 3.63) is 24.0 Å². The molecule has 0 saturated heterocycles. The van der Waals surface area contributed by atoms with Gasteiger partial charge < -0.3 is 5.32 Å². The molecule has 0 aliphatic carbocycles. The predicted molar refractivity (Wildman–Crippen MR) is 46.7 cm³/mol. The van der Waals surface area contributed by atoms with Crippen LogP contribution in [-0.2, 0) is 0 Å². The molecule has 0 spiro atoms. The third-order valence-electron chi connectivity index (χ3n) is 1.37. The largest absolute Gasteiger partial charge is 0.355 e. The first-order valence-corrected chi connectivity index (χ1v) is 4.40. The average Bonchev–Trinajstić information content (AvgIpc) is 2.50. The first-order valence-electron chi connectivity index (χ1n) is 3.22. The normalized spacial score (nSPS) is 9.64. The number of aromatic nitrogens is 1. The maximum Gasteiger partial charge on any atom is 0.252 e. The molecular weight excluding hydrogens is 160 g/mol. The van der Waals surface area contributed by atoms with Gasteiger partial charge in [-0.1, -0.05) is 0 Å². The standard InChI is InChI=1S/C7H10N2OS/c1-8-7(10)6-3-4-9(5-6)11-2/h3-5H,1-2H3,(H,8,10). The highest BCUT2D eigenvalue weighted by Crippen LogP contribution is 2.06. The van der Waals surface area contributed by atoms with Crippen LogP contribution in [0.15, 0.2) is 18.5 Å². The Bertz CT molecular complexity index is 257. The maximum absolute atomic E-state index is 11.0. The number of hydrogen-bond acceptors (Lipinski definition) is 2. The summed E-state index contributed by atoms with van der Waals surface area (Å²) in [4.78, 5) is 11.0. The Morgan fingerprint density at radius 2 is 2.45 bits per heavy atom. The van der Waals surface area contributed by atoms with Crippen LogP contribution < -0.4 is 5.32 Å². The summed E-state index contributed by atoms with van der Waals surface area (Å²) >= 11 is 1.55. The fourth-order valence-electron chi connectivity index (χ4n) is 0.769. The fourth-order valence-corrected chi connectivity index (χ4v) is 1.17. The Kier molecular flexibility index (Phi) is 2.59. The molecule has 1 aromatic rings. The van der Waals surface area contributed by atoms with E-state index in [9.17, 15) is 4.79 Å². The van der Waals surface area contributed by atoms with Crippen LogP contribution in [0.25, 0.3) is 0 Å². The summed E-state index contributed by atoms with van der Waals surface area (Å²) in [6, 6.07) is 1.79. The third-order valence-corrected chi connectivity index (χ3v) is 2.02. The quantitative estimate of drug-likeness (QED) is 0.717. The molecule has 1 heterocycles. The first kappa shape index (κ1) is 8.20. The van der Waals surface area contributed by atoms with Gasteiger partial charge in [-0.15, -0.1) is 0 Å². The van der Waals surface area contributed by atoms with E-state index in [-0.39, 0.29) is 5.91 Å². The van der Waals surface area contributed by atoms with Gasteiger partial charge in [-0.25, -0.2) is 0 Å². The van der Waals surface area contributed by atoms with E-state index in [0.29, 0.717) is 5.56 Å². The molecule has 3 nitrogen and oxygen atoms in total. The van der Waals surface area contributed by atoms with Crippen LogP contribution >= 0.6 is 11.9 Å². The zero-order chi connectivity index (χ0) is 8.27. The van der Waals surface area contributed by atoms with E-state index in [1.54, 1.807) is 31.3 Å². The number of carbonyl (C=O) groups is 1. The molecule has 1 N–H and O–H groups in total. The van der Waals surface area contributed by atoms with Gasteiger partial charge in [0, 0.05) is 25.7 Å². The van der Waals surface area contributed by atoms with E-state index in [0.717, 1.165) is 0 Å². The molecule has 4 heteroatoms. The van der Waals surface area contributed by atoms with Gasteiger partial charge >= 0.3 is 0 Å². The van der Waals surface area contributed by atoms with Crippen molar-refractivity contribution in [2.24, 2.45) is 0 Å². The van der Waals surface area contributed by atoms with Gasteiger partial charge in [0.1, 0.15) is 0 Å².